The van der Waals surface area contributed by atoms with Crippen molar-refractivity contribution in [3.8, 4) is 0 Å². The average Bonchev–Trinajstić information content (AvgIpc) is 3.15. The molecule has 4 nitrogen and oxygen atoms in total. The van der Waals surface area contributed by atoms with Crippen LogP contribution in [0.1, 0.15) is 36.8 Å². The highest BCUT2D eigenvalue weighted by molar-refractivity contribution is 5.85. The molecule has 0 amide bonds. The molecule has 1 aromatic carbocycles. The van der Waals surface area contributed by atoms with Gasteiger partial charge in [-0.25, -0.2) is 4.39 Å². The summed E-state index contributed by atoms with van der Waals surface area (Å²) < 4.78 is 14.9. The molecule has 4 rings (SSSR count). The third-order valence-electron chi connectivity index (χ3n) is 5.45. The van der Waals surface area contributed by atoms with Crippen LogP contribution in [-0.2, 0) is 13.1 Å². The molecule has 2 bridgehead atoms. The quantitative estimate of drug-likeness (QED) is 0.884. The molecule has 2 aliphatic heterocycles. The topological polar surface area (TPSA) is 33.1 Å². The SMILES string of the molecule is CN(Cc1cnn(Cc2ccc(F)cc2)c1)C1CC2CCC(C1)N2.Cl. The number of nitrogens with zero attached hydrogens (tertiary/aromatic N) is 3. The maximum atomic E-state index is 13.0. The fourth-order valence-corrected chi connectivity index (χ4v) is 4.16. The number of fused-ring (bicyclic) bond motifs is 2. The van der Waals surface area contributed by atoms with Crippen molar-refractivity contribution < 1.29 is 4.39 Å². The van der Waals surface area contributed by atoms with Gasteiger partial charge in [0.25, 0.3) is 0 Å². The van der Waals surface area contributed by atoms with E-state index in [0.29, 0.717) is 12.6 Å². The summed E-state index contributed by atoms with van der Waals surface area (Å²) in [5, 5.41) is 8.16. The molecule has 3 heterocycles. The lowest BCUT2D eigenvalue weighted by Crippen LogP contribution is -2.46. The normalized spacial score (nSPS) is 25.2. The summed E-state index contributed by atoms with van der Waals surface area (Å²) in [5.74, 6) is -0.197. The van der Waals surface area contributed by atoms with Crippen LogP contribution in [0.2, 0.25) is 0 Å². The number of piperidine rings is 1. The van der Waals surface area contributed by atoms with Gasteiger partial charge in [0, 0.05) is 36.4 Å². The van der Waals surface area contributed by atoms with Gasteiger partial charge in [-0.05, 0) is 50.4 Å². The van der Waals surface area contributed by atoms with Crippen molar-refractivity contribution in [1.29, 1.82) is 0 Å². The van der Waals surface area contributed by atoms with E-state index in [4.69, 9.17) is 0 Å². The molecule has 136 valence electrons. The third kappa shape index (κ3) is 4.40. The lowest BCUT2D eigenvalue weighted by atomic mass is 9.98. The largest absolute Gasteiger partial charge is 0.311 e. The lowest BCUT2D eigenvalue weighted by molar-refractivity contribution is 0.166. The van der Waals surface area contributed by atoms with E-state index in [2.05, 4.69) is 28.6 Å². The number of nitrogens with one attached hydrogen (secondary N) is 1. The second kappa shape index (κ2) is 7.85. The first-order chi connectivity index (χ1) is 11.7. The van der Waals surface area contributed by atoms with Gasteiger partial charge in [0.05, 0.1) is 12.7 Å². The molecule has 2 aliphatic rings. The molecule has 2 fully saturated rings. The molecule has 6 heteroatoms. The molecule has 2 atom stereocenters. The number of rotatable bonds is 5. The molecular weight excluding hydrogens is 339 g/mol. The van der Waals surface area contributed by atoms with Crippen molar-refractivity contribution in [2.75, 3.05) is 7.05 Å². The summed E-state index contributed by atoms with van der Waals surface area (Å²) in [6.07, 6.45) is 9.26. The fourth-order valence-electron chi connectivity index (χ4n) is 4.16. The van der Waals surface area contributed by atoms with E-state index in [9.17, 15) is 4.39 Å². The van der Waals surface area contributed by atoms with Crippen molar-refractivity contribution in [2.24, 2.45) is 0 Å². The van der Waals surface area contributed by atoms with Gasteiger partial charge in [0.2, 0.25) is 0 Å². The van der Waals surface area contributed by atoms with Crippen molar-refractivity contribution in [3.05, 3.63) is 53.6 Å². The monoisotopic (exact) mass is 364 g/mol. The van der Waals surface area contributed by atoms with Crippen molar-refractivity contribution in [1.82, 2.24) is 20.0 Å². The second-order valence-electron chi connectivity index (χ2n) is 7.35. The molecule has 2 saturated heterocycles. The van der Waals surface area contributed by atoms with Crippen molar-refractivity contribution in [2.45, 2.75) is 56.9 Å². The zero-order valence-electron chi connectivity index (χ0n) is 14.6. The zero-order valence-corrected chi connectivity index (χ0v) is 15.4. The van der Waals surface area contributed by atoms with Gasteiger partial charge in [-0.15, -0.1) is 12.4 Å². The summed E-state index contributed by atoms with van der Waals surface area (Å²) in [4.78, 5) is 2.48. The molecule has 2 aromatic rings. The smallest absolute Gasteiger partial charge is 0.123 e. The highest BCUT2D eigenvalue weighted by Crippen LogP contribution is 2.29. The minimum absolute atomic E-state index is 0. The molecule has 0 saturated carbocycles. The molecular formula is C19H26ClFN4. The van der Waals surface area contributed by atoms with Gasteiger partial charge in [0.1, 0.15) is 5.82 Å². The molecule has 0 spiro atoms. The maximum Gasteiger partial charge on any atom is 0.123 e. The molecule has 0 radical (unpaired) electrons. The summed E-state index contributed by atoms with van der Waals surface area (Å²) in [5.41, 5.74) is 2.31. The predicted molar refractivity (Wildman–Crippen MR) is 99.4 cm³/mol. The Labute approximate surface area is 154 Å². The Balaban J connectivity index is 0.00000182. The van der Waals surface area contributed by atoms with E-state index in [-0.39, 0.29) is 18.2 Å². The standard InChI is InChI=1S/C19H25FN4.ClH/c1-23(19-8-17-6-7-18(9-19)22-17)11-15-10-21-24(13-15)12-14-2-4-16(20)5-3-14;/h2-5,10,13,17-19,22H,6-9,11-12H2,1H3;1H. The van der Waals surface area contributed by atoms with Crippen molar-refractivity contribution >= 4 is 12.4 Å². The van der Waals surface area contributed by atoms with Crippen LogP contribution < -0.4 is 5.32 Å². The van der Waals surface area contributed by atoms with E-state index < -0.39 is 0 Å². The van der Waals surface area contributed by atoms with Gasteiger partial charge in [-0.1, -0.05) is 12.1 Å². The van der Waals surface area contributed by atoms with Gasteiger partial charge in [-0.3, -0.25) is 9.58 Å². The Morgan fingerprint density at radius 2 is 1.84 bits per heavy atom. The number of aromatic nitrogens is 2. The van der Waals surface area contributed by atoms with Crippen LogP contribution in [0.15, 0.2) is 36.7 Å². The van der Waals surface area contributed by atoms with E-state index in [1.165, 1.54) is 43.4 Å². The third-order valence-corrected chi connectivity index (χ3v) is 5.45. The molecule has 25 heavy (non-hydrogen) atoms. The molecule has 0 aliphatic carbocycles. The number of hydrogen-bond donors (Lipinski definition) is 1. The van der Waals surface area contributed by atoms with Gasteiger partial charge in [0.15, 0.2) is 0 Å². The van der Waals surface area contributed by atoms with Crippen LogP contribution in [0.3, 0.4) is 0 Å². The second-order valence-corrected chi connectivity index (χ2v) is 7.35. The Morgan fingerprint density at radius 1 is 1.16 bits per heavy atom. The summed E-state index contributed by atoms with van der Waals surface area (Å²) in [7, 11) is 2.23. The summed E-state index contributed by atoms with van der Waals surface area (Å²) in [6.45, 7) is 1.62. The van der Waals surface area contributed by atoms with Gasteiger partial charge < -0.3 is 5.32 Å². The Bertz CT molecular complexity index is 675. The fraction of sp³-hybridized carbons (Fsp3) is 0.526. The number of halogens is 2. The molecule has 1 aromatic heterocycles. The van der Waals surface area contributed by atoms with Gasteiger partial charge in [-0.2, -0.15) is 5.10 Å². The highest BCUT2D eigenvalue weighted by Gasteiger charge is 2.34. The van der Waals surface area contributed by atoms with Crippen LogP contribution in [0.4, 0.5) is 4.39 Å². The van der Waals surface area contributed by atoms with E-state index in [0.717, 1.165) is 24.2 Å². The Morgan fingerprint density at radius 3 is 2.52 bits per heavy atom. The van der Waals surface area contributed by atoms with Crippen LogP contribution >= 0.6 is 12.4 Å². The van der Waals surface area contributed by atoms with E-state index in [1.807, 2.05) is 23.0 Å². The zero-order chi connectivity index (χ0) is 16.5. The van der Waals surface area contributed by atoms with E-state index in [1.54, 1.807) is 0 Å². The van der Waals surface area contributed by atoms with Crippen LogP contribution in [0.25, 0.3) is 0 Å². The number of benzene rings is 1. The predicted octanol–water partition coefficient (Wildman–Crippen LogP) is 3.21. The molecule has 2 unspecified atom stereocenters. The first kappa shape index (κ1) is 18.4. The minimum atomic E-state index is -0.197. The Hall–Kier alpha value is -1.43. The number of hydrogen-bond acceptors (Lipinski definition) is 3. The first-order valence-corrected chi connectivity index (χ1v) is 8.88. The van der Waals surface area contributed by atoms with Crippen LogP contribution in [0.5, 0.6) is 0 Å². The minimum Gasteiger partial charge on any atom is -0.311 e. The van der Waals surface area contributed by atoms with Crippen molar-refractivity contribution in [3.63, 3.8) is 0 Å². The van der Waals surface area contributed by atoms with Crippen LogP contribution in [-0.4, -0.2) is 39.9 Å². The summed E-state index contributed by atoms with van der Waals surface area (Å²) >= 11 is 0. The molecule has 1 N–H and O–H groups in total. The first-order valence-electron chi connectivity index (χ1n) is 8.88. The highest BCUT2D eigenvalue weighted by atomic mass is 35.5. The average molecular weight is 365 g/mol. The van der Waals surface area contributed by atoms with E-state index >= 15 is 0 Å². The maximum absolute atomic E-state index is 13.0. The summed E-state index contributed by atoms with van der Waals surface area (Å²) in [6, 6.07) is 8.73. The van der Waals surface area contributed by atoms with Gasteiger partial charge >= 0.3 is 0 Å². The Kier molecular flexibility index (Phi) is 5.77. The lowest BCUT2D eigenvalue weighted by Gasteiger charge is -2.35. The van der Waals surface area contributed by atoms with Crippen LogP contribution in [0, 0.1) is 5.82 Å².